The Kier molecular flexibility index (Phi) is 2.85. The van der Waals surface area contributed by atoms with E-state index in [9.17, 15) is 4.79 Å². The lowest BCUT2D eigenvalue weighted by atomic mass is 10.1. The van der Waals surface area contributed by atoms with Crippen LogP contribution in [-0.4, -0.2) is 23.3 Å². The maximum absolute atomic E-state index is 12.8. The average molecular weight is 294 g/mol. The van der Waals surface area contributed by atoms with Gasteiger partial charge in [0.1, 0.15) is 11.5 Å². The van der Waals surface area contributed by atoms with Crippen LogP contribution in [0.15, 0.2) is 47.4 Å². The zero-order valence-electron chi connectivity index (χ0n) is 12.1. The number of hydrogen-bond donors (Lipinski definition) is 0. The molecular formula is C17H14N2O3. The summed E-state index contributed by atoms with van der Waals surface area (Å²) in [5, 5.41) is 0.866. The predicted molar refractivity (Wildman–Crippen MR) is 83.1 cm³/mol. The molecule has 1 aromatic carbocycles. The van der Waals surface area contributed by atoms with Crippen LogP contribution in [0.3, 0.4) is 0 Å². The standard InChI is InChI=1S/C17H14N2O3/c1-21-12-6-4-11(5-7-12)19-16-13(3-2-9-18-16)15-14(17(19)20)8-10-22-15/h2-7,9H,8,10H2,1H3. The van der Waals surface area contributed by atoms with Crippen LogP contribution in [0.5, 0.6) is 11.5 Å². The van der Waals surface area contributed by atoms with E-state index < -0.39 is 0 Å². The lowest BCUT2D eigenvalue weighted by Crippen LogP contribution is -2.22. The molecule has 110 valence electrons. The molecule has 0 saturated heterocycles. The molecule has 0 bridgehead atoms. The van der Waals surface area contributed by atoms with E-state index in [4.69, 9.17) is 9.47 Å². The summed E-state index contributed by atoms with van der Waals surface area (Å²) in [6.45, 7) is 0.543. The molecule has 3 aromatic rings. The topological polar surface area (TPSA) is 53.4 Å². The summed E-state index contributed by atoms with van der Waals surface area (Å²) in [5.74, 6) is 1.43. The Morgan fingerprint density at radius 3 is 2.82 bits per heavy atom. The van der Waals surface area contributed by atoms with Crippen molar-refractivity contribution in [2.75, 3.05) is 13.7 Å². The molecule has 5 nitrogen and oxygen atoms in total. The molecule has 1 aliphatic rings. The van der Waals surface area contributed by atoms with Crippen LogP contribution < -0.4 is 15.0 Å². The second-order valence-electron chi connectivity index (χ2n) is 5.12. The van der Waals surface area contributed by atoms with Gasteiger partial charge in [0.15, 0.2) is 5.65 Å². The molecule has 0 N–H and O–H groups in total. The summed E-state index contributed by atoms with van der Waals surface area (Å²) in [6, 6.07) is 11.2. The Hall–Kier alpha value is -2.82. The molecule has 0 radical (unpaired) electrons. The summed E-state index contributed by atoms with van der Waals surface area (Å²) < 4.78 is 12.5. The number of methoxy groups -OCH3 is 1. The largest absolute Gasteiger partial charge is 0.497 e. The fraction of sp³-hybridized carbons (Fsp3) is 0.176. The number of aromatic nitrogens is 2. The minimum absolute atomic E-state index is 0.0659. The molecule has 22 heavy (non-hydrogen) atoms. The molecule has 4 rings (SSSR count). The van der Waals surface area contributed by atoms with Crippen molar-refractivity contribution in [1.82, 2.24) is 9.55 Å². The first-order valence-electron chi connectivity index (χ1n) is 7.09. The van der Waals surface area contributed by atoms with Gasteiger partial charge in [0.2, 0.25) is 0 Å². The summed E-state index contributed by atoms with van der Waals surface area (Å²) >= 11 is 0. The molecule has 0 amide bonds. The highest BCUT2D eigenvalue weighted by Gasteiger charge is 2.23. The van der Waals surface area contributed by atoms with E-state index in [-0.39, 0.29) is 5.56 Å². The molecular weight excluding hydrogens is 280 g/mol. The quantitative estimate of drug-likeness (QED) is 0.728. The molecule has 5 heteroatoms. The van der Waals surface area contributed by atoms with Crippen molar-refractivity contribution < 1.29 is 9.47 Å². The van der Waals surface area contributed by atoms with Gasteiger partial charge in [-0.05, 0) is 36.4 Å². The monoisotopic (exact) mass is 294 g/mol. The molecule has 0 fully saturated rings. The van der Waals surface area contributed by atoms with Crippen LogP contribution in [0, 0.1) is 0 Å². The van der Waals surface area contributed by atoms with Gasteiger partial charge in [-0.15, -0.1) is 0 Å². The number of fused-ring (bicyclic) bond motifs is 3. The third-order valence-electron chi connectivity index (χ3n) is 3.91. The first-order valence-corrected chi connectivity index (χ1v) is 7.09. The maximum Gasteiger partial charge on any atom is 0.263 e. The number of ether oxygens (including phenoxy) is 2. The molecule has 1 aliphatic heterocycles. The second kappa shape index (κ2) is 4.87. The lowest BCUT2D eigenvalue weighted by Gasteiger charge is -2.12. The van der Waals surface area contributed by atoms with Crippen LogP contribution in [0.1, 0.15) is 5.56 Å². The van der Waals surface area contributed by atoms with E-state index in [1.165, 1.54) is 0 Å². The summed E-state index contributed by atoms with van der Waals surface area (Å²) in [4.78, 5) is 17.2. The van der Waals surface area contributed by atoms with E-state index in [0.29, 0.717) is 24.4 Å². The number of nitrogens with zero attached hydrogens (tertiary/aromatic N) is 2. The van der Waals surface area contributed by atoms with Crippen LogP contribution in [0.25, 0.3) is 16.7 Å². The van der Waals surface area contributed by atoms with E-state index in [1.807, 2.05) is 36.4 Å². The zero-order chi connectivity index (χ0) is 15.1. The van der Waals surface area contributed by atoms with Gasteiger partial charge in [0.05, 0.1) is 30.4 Å². The normalized spacial score (nSPS) is 13.0. The zero-order valence-corrected chi connectivity index (χ0v) is 12.1. The Morgan fingerprint density at radius 2 is 2.05 bits per heavy atom. The SMILES string of the molecule is COc1ccc(-n2c(=O)c3c(c4cccnc42)OCC3)cc1. The summed E-state index contributed by atoms with van der Waals surface area (Å²) in [7, 11) is 1.62. The Morgan fingerprint density at radius 1 is 1.23 bits per heavy atom. The van der Waals surface area contributed by atoms with Crippen molar-refractivity contribution in [3.8, 4) is 17.2 Å². The van der Waals surface area contributed by atoms with E-state index in [2.05, 4.69) is 4.98 Å². The van der Waals surface area contributed by atoms with Gasteiger partial charge in [-0.3, -0.25) is 9.36 Å². The summed E-state index contributed by atoms with van der Waals surface area (Å²) in [5.41, 5.74) is 2.03. The van der Waals surface area contributed by atoms with Crippen molar-refractivity contribution >= 4 is 11.0 Å². The van der Waals surface area contributed by atoms with E-state index in [0.717, 1.165) is 22.4 Å². The van der Waals surface area contributed by atoms with Crippen molar-refractivity contribution in [3.63, 3.8) is 0 Å². The van der Waals surface area contributed by atoms with Gasteiger partial charge in [-0.25, -0.2) is 4.98 Å². The van der Waals surface area contributed by atoms with Gasteiger partial charge in [-0.2, -0.15) is 0 Å². The minimum atomic E-state index is -0.0659. The van der Waals surface area contributed by atoms with Gasteiger partial charge < -0.3 is 9.47 Å². The van der Waals surface area contributed by atoms with Crippen LogP contribution in [0.4, 0.5) is 0 Å². The molecule has 2 aromatic heterocycles. The number of rotatable bonds is 2. The Balaban J connectivity index is 2.06. The highest BCUT2D eigenvalue weighted by molar-refractivity contribution is 5.85. The van der Waals surface area contributed by atoms with E-state index in [1.54, 1.807) is 17.9 Å². The van der Waals surface area contributed by atoms with Crippen LogP contribution in [0.2, 0.25) is 0 Å². The second-order valence-corrected chi connectivity index (χ2v) is 5.12. The number of hydrogen-bond acceptors (Lipinski definition) is 4. The number of benzene rings is 1. The minimum Gasteiger partial charge on any atom is -0.497 e. The molecule has 0 atom stereocenters. The van der Waals surface area contributed by atoms with Gasteiger partial charge in [0.25, 0.3) is 5.56 Å². The smallest absolute Gasteiger partial charge is 0.263 e. The van der Waals surface area contributed by atoms with Crippen molar-refractivity contribution in [2.24, 2.45) is 0 Å². The highest BCUT2D eigenvalue weighted by atomic mass is 16.5. The molecule has 3 heterocycles. The molecule has 0 spiro atoms. The van der Waals surface area contributed by atoms with E-state index >= 15 is 0 Å². The maximum atomic E-state index is 12.8. The fourth-order valence-electron chi connectivity index (χ4n) is 2.85. The van der Waals surface area contributed by atoms with Gasteiger partial charge in [0, 0.05) is 12.6 Å². The van der Waals surface area contributed by atoms with Crippen molar-refractivity contribution in [2.45, 2.75) is 6.42 Å². The first-order chi connectivity index (χ1) is 10.8. The molecule has 0 unspecified atom stereocenters. The summed E-state index contributed by atoms with van der Waals surface area (Å²) in [6.07, 6.45) is 2.32. The van der Waals surface area contributed by atoms with Gasteiger partial charge in [-0.1, -0.05) is 0 Å². The van der Waals surface area contributed by atoms with Crippen LogP contribution in [-0.2, 0) is 6.42 Å². The first kappa shape index (κ1) is 12.9. The molecule has 0 saturated carbocycles. The van der Waals surface area contributed by atoms with Crippen molar-refractivity contribution in [1.29, 1.82) is 0 Å². The third-order valence-corrected chi connectivity index (χ3v) is 3.91. The fourth-order valence-corrected chi connectivity index (χ4v) is 2.85. The Labute approximate surface area is 126 Å². The number of pyridine rings is 2. The molecule has 0 aliphatic carbocycles. The third kappa shape index (κ3) is 1.79. The van der Waals surface area contributed by atoms with Crippen molar-refractivity contribution in [3.05, 3.63) is 58.5 Å². The average Bonchev–Trinajstić information content (AvgIpc) is 3.06. The highest BCUT2D eigenvalue weighted by Crippen LogP contribution is 2.31. The van der Waals surface area contributed by atoms with Gasteiger partial charge >= 0.3 is 0 Å². The predicted octanol–water partition coefficient (Wildman–Crippen LogP) is 2.33. The Bertz CT molecular complexity index is 914. The van der Waals surface area contributed by atoms with Crippen LogP contribution >= 0.6 is 0 Å². The lowest BCUT2D eigenvalue weighted by molar-refractivity contribution is 0.360.